The van der Waals surface area contributed by atoms with Crippen LogP contribution in [0.1, 0.15) is 25.8 Å². The van der Waals surface area contributed by atoms with E-state index in [2.05, 4.69) is 17.2 Å². The molecule has 6 nitrogen and oxygen atoms in total. The summed E-state index contributed by atoms with van der Waals surface area (Å²) in [5, 5.41) is 2.60. The minimum Gasteiger partial charge on any atom is -0.483 e. The van der Waals surface area contributed by atoms with Gasteiger partial charge in [-0.15, -0.1) is 0 Å². The predicted octanol–water partition coefficient (Wildman–Crippen LogP) is 2.76. The van der Waals surface area contributed by atoms with Gasteiger partial charge in [0.2, 0.25) is 5.91 Å². The number of fused-ring (bicyclic) bond motifs is 1. The topological polar surface area (TPSA) is 81.7 Å². The summed E-state index contributed by atoms with van der Waals surface area (Å²) in [6, 6.07) is 13.9. The van der Waals surface area contributed by atoms with Crippen LogP contribution >= 0.6 is 0 Å². The molecule has 2 aromatic rings. The number of ether oxygens (including phenoxy) is 2. The Labute approximate surface area is 177 Å². The third-order valence-corrected chi connectivity index (χ3v) is 6.29. The Hall–Kier alpha value is -2.98. The van der Waals surface area contributed by atoms with Gasteiger partial charge in [0, 0.05) is 18.4 Å². The van der Waals surface area contributed by atoms with E-state index in [1.165, 1.54) is 12.1 Å². The van der Waals surface area contributed by atoms with E-state index in [9.17, 15) is 13.2 Å². The van der Waals surface area contributed by atoms with Gasteiger partial charge in [0.05, 0.1) is 17.2 Å². The van der Waals surface area contributed by atoms with E-state index in [1.54, 1.807) is 18.2 Å². The van der Waals surface area contributed by atoms with Gasteiger partial charge < -0.3 is 14.8 Å². The summed E-state index contributed by atoms with van der Waals surface area (Å²) in [5.74, 6) is 6.46. The van der Waals surface area contributed by atoms with Crippen molar-refractivity contribution in [3.63, 3.8) is 0 Å². The first-order valence-corrected chi connectivity index (χ1v) is 11.4. The van der Waals surface area contributed by atoms with E-state index in [1.807, 2.05) is 32.0 Å². The molecule has 0 spiro atoms. The lowest BCUT2D eigenvalue weighted by molar-refractivity contribution is -0.120. The molecule has 1 amide bonds. The van der Waals surface area contributed by atoms with Gasteiger partial charge in [-0.3, -0.25) is 4.79 Å². The molecule has 0 unspecified atom stereocenters. The molecule has 3 rings (SSSR count). The molecule has 1 heterocycles. The number of sulfone groups is 1. The maximum absolute atomic E-state index is 12.2. The zero-order valence-electron chi connectivity index (χ0n) is 17.1. The molecule has 0 saturated heterocycles. The second-order valence-corrected chi connectivity index (χ2v) is 9.69. The highest BCUT2D eigenvalue weighted by Gasteiger charge is 2.32. The Balaban J connectivity index is 1.40. The molecule has 0 atom stereocenters. The minimum absolute atomic E-state index is 0.112. The number of para-hydroxylation sites is 1. The highest BCUT2D eigenvalue weighted by molar-refractivity contribution is 7.91. The Morgan fingerprint density at radius 1 is 1.13 bits per heavy atom. The fraction of sp³-hybridized carbons (Fsp3) is 0.348. The summed E-state index contributed by atoms with van der Waals surface area (Å²) in [5.41, 5.74) is 0.870. The van der Waals surface area contributed by atoms with Crippen LogP contribution in [-0.2, 0) is 21.1 Å². The summed E-state index contributed by atoms with van der Waals surface area (Å²) < 4.78 is 36.0. The van der Waals surface area contributed by atoms with Crippen LogP contribution in [0.4, 0.5) is 0 Å². The molecule has 30 heavy (non-hydrogen) atoms. The van der Waals surface area contributed by atoms with Gasteiger partial charge in [-0.2, -0.15) is 0 Å². The molecular formula is C23H25NO5S. The van der Waals surface area contributed by atoms with Crippen LogP contribution in [0.2, 0.25) is 0 Å². The van der Waals surface area contributed by atoms with Crippen molar-refractivity contribution < 1.29 is 22.7 Å². The quantitative estimate of drug-likeness (QED) is 0.687. The first kappa shape index (κ1) is 21.7. The summed E-state index contributed by atoms with van der Waals surface area (Å²) >= 11 is 0. The molecule has 7 heteroatoms. The first-order chi connectivity index (χ1) is 14.3. The molecule has 0 saturated carbocycles. The second-order valence-electron chi connectivity index (χ2n) is 7.58. The van der Waals surface area contributed by atoms with E-state index in [0.29, 0.717) is 5.75 Å². The van der Waals surface area contributed by atoms with E-state index in [-0.39, 0.29) is 41.7 Å². The van der Waals surface area contributed by atoms with Crippen LogP contribution < -0.4 is 14.8 Å². The van der Waals surface area contributed by atoms with Crippen molar-refractivity contribution in [3.8, 4) is 23.3 Å². The van der Waals surface area contributed by atoms with Crippen molar-refractivity contribution >= 4 is 15.7 Å². The van der Waals surface area contributed by atoms with Crippen molar-refractivity contribution in [1.82, 2.24) is 5.32 Å². The number of carbonyl (C=O) groups excluding carboxylic acids is 1. The number of benzene rings is 2. The van der Waals surface area contributed by atoms with Crippen LogP contribution in [0.3, 0.4) is 0 Å². The lowest BCUT2D eigenvalue weighted by Crippen LogP contribution is -2.26. The number of hydrogen-bond donors (Lipinski definition) is 1. The van der Waals surface area contributed by atoms with Crippen LogP contribution in [-0.4, -0.2) is 38.8 Å². The highest BCUT2D eigenvalue weighted by atomic mass is 32.2. The zero-order chi connectivity index (χ0) is 21.6. The van der Waals surface area contributed by atoms with Gasteiger partial charge >= 0.3 is 0 Å². The normalized spacial score (nSPS) is 14.1. The average molecular weight is 428 g/mol. The smallest absolute Gasteiger partial charge is 0.221 e. The Kier molecular flexibility index (Phi) is 6.68. The molecule has 2 aromatic carbocycles. The molecular weight excluding hydrogens is 402 g/mol. The Bertz CT molecular complexity index is 1070. The summed E-state index contributed by atoms with van der Waals surface area (Å²) in [4.78, 5) is 12.1. The maximum Gasteiger partial charge on any atom is 0.221 e. The van der Waals surface area contributed by atoms with E-state index < -0.39 is 9.84 Å². The lowest BCUT2D eigenvalue weighted by Gasteiger charge is -2.17. The number of amides is 1. The third-order valence-electron chi connectivity index (χ3n) is 4.55. The standard InChI is InChI=1S/C23H25NO5S/c1-23(2)17-18-9-8-12-20(22(18)29-23)28-15-7-6-14-24-21(25)13-16-30(26,27)19-10-4-3-5-11-19/h3-5,8-12H,13-17H2,1-2H3,(H,24,25). The number of rotatable bonds is 7. The van der Waals surface area contributed by atoms with Gasteiger partial charge in [-0.1, -0.05) is 42.2 Å². The molecule has 0 aromatic heterocycles. The molecule has 158 valence electrons. The molecule has 1 N–H and O–H groups in total. The van der Waals surface area contributed by atoms with Crippen LogP contribution in [0.25, 0.3) is 0 Å². The monoisotopic (exact) mass is 427 g/mol. The van der Waals surface area contributed by atoms with Crippen molar-refractivity contribution in [2.24, 2.45) is 0 Å². The fourth-order valence-electron chi connectivity index (χ4n) is 3.13. The summed E-state index contributed by atoms with van der Waals surface area (Å²) in [6.45, 7) is 4.36. The largest absolute Gasteiger partial charge is 0.483 e. The lowest BCUT2D eigenvalue weighted by atomic mass is 10.0. The average Bonchev–Trinajstić information content (AvgIpc) is 3.04. The second kappa shape index (κ2) is 9.23. The van der Waals surface area contributed by atoms with Gasteiger partial charge in [-0.05, 0) is 32.0 Å². The first-order valence-electron chi connectivity index (χ1n) is 9.71. The Morgan fingerprint density at radius 2 is 1.90 bits per heavy atom. The van der Waals surface area contributed by atoms with Crippen LogP contribution in [0, 0.1) is 11.8 Å². The predicted molar refractivity (Wildman–Crippen MR) is 114 cm³/mol. The van der Waals surface area contributed by atoms with Crippen molar-refractivity contribution in [1.29, 1.82) is 0 Å². The SMILES string of the molecule is CC1(C)Cc2cccc(OCC#CCNC(=O)CCS(=O)(=O)c3ccccc3)c2O1. The fourth-order valence-corrected chi connectivity index (χ4v) is 4.39. The third kappa shape index (κ3) is 5.77. The number of carbonyl (C=O) groups is 1. The van der Waals surface area contributed by atoms with Crippen molar-refractivity contribution in [2.75, 3.05) is 18.9 Å². The highest BCUT2D eigenvalue weighted by Crippen LogP contribution is 2.41. The maximum atomic E-state index is 12.2. The molecule has 1 aliphatic rings. The van der Waals surface area contributed by atoms with E-state index in [0.717, 1.165) is 17.7 Å². The van der Waals surface area contributed by atoms with E-state index >= 15 is 0 Å². The van der Waals surface area contributed by atoms with E-state index in [4.69, 9.17) is 9.47 Å². The van der Waals surface area contributed by atoms with Gasteiger partial charge in [-0.25, -0.2) is 8.42 Å². The molecule has 0 bridgehead atoms. The summed E-state index contributed by atoms with van der Waals surface area (Å²) in [7, 11) is -3.47. The van der Waals surface area contributed by atoms with Crippen LogP contribution in [0.5, 0.6) is 11.5 Å². The molecule has 1 aliphatic heterocycles. The van der Waals surface area contributed by atoms with Gasteiger partial charge in [0.25, 0.3) is 0 Å². The van der Waals surface area contributed by atoms with Crippen molar-refractivity contribution in [3.05, 3.63) is 54.1 Å². The Morgan fingerprint density at radius 3 is 2.67 bits per heavy atom. The van der Waals surface area contributed by atoms with Gasteiger partial charge in [0.1, 0.15) is 12.2 Å². The summed E-state index contributed by atoms with van der Waals surface area (Å²) in [6.07, 6.45) is 0.718. The van der Waals surface area contributed by atoms with Crippen LogP contribution in [0.15, 0.2) is 53.4 Å². The molecule has 0 aliphatic carbocycles. The molecule has 0 radical (unpaired) electrons. The molecule has 0 fully saturated rings. The number of nitrogens with one attached hydrogen (secondary N) is 1. The van der Waals surface area contributed by atoms with Crippen molar-refractivity contribution in [2.45, 2.75) is 37.2 Å². The van der Waals surface area contributed by atoms with Gasteiger partial charge in [0.15, 0.2) is 21.3 Å². The minimum atomic E-state index is -3.47. The number of hydrogen-bond acceptors (Lipinski definition) is 5. The zero-order valence-corrected chi connectivity index (χ0v) is 17.9.